The third-order valence-corrected chi connectivity index (χ3v) is 4.44. The van der Waals surface area contributed by atoms with Gasteiger partial charge in [0.2, 0.25) is 11.8 Å². The van der Waals surface area contributed by atoms with Crippen molar-refractivity contribution < 1.29 is 14.0 Å². The van der Waals surface area contributed by atoms with Crippen molar-refractivity contribution >= 4 is 23.4 Å². The highest BCUT2D eigenvalue weighted by Gasteiger charge is 2.28. The molecule has 0 bridgehead atoms. The summed E-state index contributed by atoms with van der Waals surface area (Å²) in [7, 11) is 3.50. The number of likely N-dealkylation sites (N-methyl/N-ethyl adjacent to an activating group) is 1. The quantitative estimate of drug-likeness (QED) is 0.897. The molecule has 0 spiro atoms. The lowest BCUT2D eigenvalue weighted by Gasteiger charge is -2.23. The van der Waals surface area contributed by atoms with Gasteiger partial charge in [0.1, 0.15) is 5.82 Å². The number of benzene rings is 1. The van der Waals surface area contributed by atoms with E-state index in [1.807, 2.05) is 11.9 Å². The molecule has 1 heterocycles. The highest BCUT2D eigenvalue weighted by molar-refractivity contribution is 6.31. The van der Waals surface area contributed by atoms with Gasteiger partial charge < -0.3 is 15.1 Å². The van der Waals surface area contributed by atoms with Gasteiger partial charge in [-0.25, -0.2) is 4.39 Å². The molecule has 1 fully saturated rings. The minimum Gasteiger partial charge on any atom is -0.359 e. The van der Waals surface area contributed by atoms with Crippen molar-refractivity contribution in [2.24, 2.45) is 5.92 Å². The molecule has 1 saturated heterocycles. The molecule has 126 valence electrons. The molecule has 1 aromatic rings. The van der Waals surface area contributed by atoms with Crippen LogP contribution < -0.4 is 5.32 Å². The van der Waals surface area contributed by atoms with Crippen molar-refractivity contribution in [2.75, 3.05) is 40.3 Å². The van der Waals surface area contributed by atoms with Gasteiger partial charge in [0, 0.05) is 43.8 Å². The Bertz CT molecular complexity index is 576. The predicted molar refractivity (Wildman–Crippen MR) is 86.7 cm³/mol. The summed E-state index contributed by atoms with van der Waals surface area (Å²) in [6.45, 7) is 2.10. The summed E-state index contributed by atoms with van der Waals surface area (Å²) in [6, 6.07) is 4.36. The van der Waals surface area contributed by atoms with Crippen LogP contribution in [0.25, 0.3) is 0 Å². The standard InChI is InChI=1S/C16H21ClFN3O2/c1-19-16(23)11-9-20(2)6-7-21(10-11)15(22)8-12-13(17)4-3-5-14(12)18/h3-5,11H,6-10H2,1-2H3,(H,19,23)/t11-/m1/s1. The third-order valence-electron chi connectivity index (χ3n) is 4.08. The van der Waals surface area contributed by atoms with Crippen molar-refractivity contribution in [1.29, 1.82) is 0 Å². The van der Waals surface area contributed by atoms with Crippen LogP contribution in [-0.2, 0) is 16.0 Å². The highest BCUT2D eigenvalue weighted by atomic mass is 35.5. The van der Waals surface area contributed by atoms with Crippen LogP contribution in [0.1, 0.15) is 5.56 Å². The summed E-state index contributed by atoms with van der Waals surface area (Å²) in [4.78, 5) is 28.1. The molecule has 1 atom stereocenters. The molecule has 7 heteroatoms. The molecule has 0 aliphatic carbocycles. The molecule has 1 N–H and O–H groups in total. The monoisotopic (exact) mass is 341 g/mol. The first kappa shape index (κ1) is 17.7. The fourth-order valence-corrected chi connectivity index (χ4v) is 2.96. The minimum atomic E-state index is -0.486. The zero-order chi connectivity index (χ0) is 17.0. The number of rotatable bonds is 3. The predicted octanol–water partition coefficient (Wildman–Crippen LogP) is 1.16. The van der Waals surface area contributed by atoms with Crippen LogP contribution in [0.2, 0.25) is 5.02 Å². The number of nitrogens with zero attached hydrogens (tertiary/aromatic N) is 2. The fourth-order valence-electron chi connectivity index (χ4n) is 2.73. The van der Waals surface area contributed by atoms with E-state index in [-0.39, 0.29) is 34.7 Å². The summed E-state index contributed by atoms with van der Waals surface area (Å²) in [5, 5.41) is 2.87. The topological polar surface area (TPSA) is 52.7 Å². The molecule has 0 aromatic heterocycles. The van der Waals surface area contributed by atoms with E-state index in [4.69, 9.17) is 11.6 Å². The maximum Gasteiger partial charge on any atom is 0.227 e. The largest absolute Gasteiger partial charge is 0.359 e. The van der Waals surface area contributed by atoms with E-state index in [2.05, 4.69) is 5.32 Å². The first-order valence-corrected chi connectivity index (χ1v) is 7.91. The second kappa shape index (κ2) is 7.75. The second-order valence-electron chi connectivity index (χ2n) is 5.79. The molecular weight excluding hydrogens is 321 g/mol. The Morgan fingerprint density at radius 3 is 2.74 bits per heavy atom. The van der Waals surface area contributed by atoms with Gasteiger partial charge in [-0.3, -0.25) is 9.59 Å². The molecule has 0 unspecified atom stereocenters. The van der Waals surface area contributed by atoms with Gasteiger partial charge in [0.05, 0.1) is 12.3 Å². The van der Waals surface area contributed by atoms with Gasteiger partial charge in [-0.15, -0.1) is 0 Å². The van der Waals surface area contributed by atoms with E-state index < -0.39 is 5.82 Å². The van der Waals surface area contributed by atoms with Gasteiger partial charge in [-0.1, -0.05) is 17.7 Å². The summed E-state index contributed by atoms with van der Waals surface area (Å²) in [5.41, 5.74) is 0.202. The maximum absolute atomic E-state index is 13.9. The molecule has 2 rings (SSSR count). The van der Waals surface area contributed by atoms with Gasteiger partial charge >= 0.3 is 0 Å². The summed E-state index contributed by atoms with van der Waals surface area (Å²) >= 11 is 5.99. The number of carbonyl (C=O) groups is 2. The van der Waals surface area contributed by atoms with E-state index in [1.54, 1.807) is 18.0 Å². The first-order valence-electron chi connectivity index (χ1n) is 7.53. The third kappa shape index (κ3) is 4.42. The first-order chi connectivity index (χ1) is 10.9. The van der Waals surface area contributed by atoms with Gasteiger partial charge in [-0.05, 0) is 19.2 Å². The van der Waals surface area contributed by atoms with Gasteiger partial charge in [-0.2, -0.15) is 0 Å². The molecule has 1 aliphatic rings. The van der Waals surface area contributed by atoms with E-state index >= 15 is 0 Å². The Hall–Kier alpha value is -1.66. The lowest BCUT2D eigenvalue weighted by Crippen LogP contribution is -2.42. The van der Waals surface area contributed by atoms with E-state index in [9.17, 15) is 14.0 Å². The lowest BCUT2D eigenvalue weighted by molar-refractivity contribution is -0.132. The molecular formula is C16H21ClFN3O2. The maximum atomic E-state index is 13.9. The Morgan fingerprint density at radius 1 is 1.35 bits per heavy atom. The summed E-state index contributed by atoms with van der Waals surface area (Å²) < 4.78 is 13.9. The van der Waals surface area contributed by atoms with Crippen molar-refractivity contribution in [3.63, 3.8) is 0 Å². The van der Waals surface area contributed by atoms with Gasteiger partial charge in [0.15, 0.2) is 0 Å². The number of halogens is 2. The number of carbonyl (C=O) groups excluding carboxylic acids is 2. The molecule has 2 amide bonds. The molecule has 23 heavy (non-hydrogen) atoms. The summed E-state index contributed by atoms with van der Waals surface area (Å²) in [6.07, 6.45) is -0.102. The SMILES string of the molecule is CNC(=O)[C@@H]1CN(C)CCN(C(=O)Cc2c(F)cccc2Cl)C1. The second-order valence-corrected chi connectivity index (χ2v) is 6.20. The molecule has 0 radical (unpaired) electrons. The van der Waals surface area contributed by atoms with E-state index in [1.165, 1.54) is 12.1 Å². The number of amides is 2. The molecule has 1 aliphatic heterocycles. The van der Waals surface area contributed by atoms with Crippen molar-refractivity contribution in [1.82, 2.24) is 15.1 Å². The Morgan fingerprint density at radius 2 is 2.09 bits per heavy atom. The average molecular weight is 342 g/mol. The summed E-state index contributed by atoms with van der Waals surface area (Å²) in [5.74, 6) is -1.10. The number of hydrogen-bond acceptors (Lipinski definition) is 3. The normalized spacial score (nSPS) is 19.3. The molecule has 5 nitrogen and oxygen atoms in total. The van der Waals surface area contributed by atoms with Crippen LogP contribution in [0.4, 0.5) is 4.39 Å². The van der Waals surface area contributed by atoms with E-state index in [0.29, 0.717) is 26.2 Å². The van der Waals surface area contributed by atoms with E-state index in [0.717, 1.165) is 0 Å². The Labute approximate surface area is 140 Å². The minimum absolute atomic E-state index is 0.0968. The zero-order valence-corrected chi connectivity index (χ0v) is 14.1. The average Bonchev–Trinajstić information content (AvgIpc) is 2.72. The molecule has 0 saturated carbocycles. The number of nitrogens with one attached hydrogen (secondary N) is 1. The molecule has 1 aromatic carbocycles. The van der Waals surface area contributed by atoms with Crippen LogP contribution in [0.3, 0.4) is 0 Å². The van der Waals surface area contributed by atoms with Crippen molar-refractivity contribution in [2.45, 2.75) is 6.42 Å². The smallest absolute Gasteiger partial charge is 0.227 e. The Kier molecular flexibility index (Phi) is 5.96. The lowest BCUT2D eigenvalue weighted by atomic mass is 10.1. The number of hydrogen-bond donors (Lipinski definition) is 1. The highest BCUT2D eigenvalue weighted by Crippen LogP contribution is 2.21. The van der Waals surface area contributed by atoms with Crippen molar-refractivity contribution in [3.05, 3.63) is 34.6 Å². The van der Waals surface area contributed by atoms with Crippen LogP contribution >= 0.6 is 11.6 Å². The Balaban J connectivity index is 2.12. The van der Waals surface area contributed by atoms with Crippen LogP contribution in [0.15, 0.2) is 18.2 Å². The van der Waals surface area contributed by atoms with Crippen LogP contribution in [0.5, 0.6) is 0 Å². The zero-order valence-electron chi connectivity index (χ0n) is 13.3. The van der Waals surface area contributed by atoms with Crippen LogP contribution in [-0.4, -0.2) is 61.9 Å². The van der Waals surface area contributed by atoms with Gasteiger partial charge in [0.25, 0.3) is 0 Å². The fraction of sp³-hybridized carbons (Fsp3) is 0.500. The van der Waals surface area contributed by atoms with Crippen LogP contribution in [0, 0.1) is 11.7 Å². The van der Waals surface area contributed by atoms with Crippen molar-refractivity contribution in [3.8, 4) is 0 Å².